The number of urea groups is 1. The van der Waals surface area contributed by atoms with E-state index in [4.69, 9.17) is 9.47 Å². The number of amides is 2. The van der Waals surface area contributed by atoms with Gasteiger partial charge < -0.3 is 20.1 Å². The Kier molecular flexibility index (Phi) is 7.33. The van der Waals surface area contributed by atoms with Crippen molar-refractivity contribution < 1.29 is 14.3 Å². The van der Waals surface area contributed by atoms with Crippen molar-refractivity contribution in [2.45, 2.75) is 59.6 Å². The van der Waals surface area contributed by atoms with Gasteiger partial charge in [-0.3, -0.25) is 0 Å². The van der Waals surface area contributed by atoms with Crippen molar-refractivity contribution in [3.05, 3.63) is 29.8 Å². The summed E-state index contributed by atoms with van der Waals surface area (Å²) in [5, 5.41) is 6.04. The van der Waals surface area contributed by atoms with Gasteiger partial charge in [0.1, 0.15) is 5.75 Å². The molecule has 0 aromatic heterocycles. The average molecular weight is 363 g/mol. The van der Waals surface area contributed by atoms with Crippen LogP contribution >= 0.6 is 0 Å². The number of carbonyl (C=O) groups excluding carboxylic acids is 1. The number of carbonyl (C=O) groups is 1. The van der Waals surface area contributed by atoms with E-state index in [-0.39, 0.29) is 23.6 Å². The topological polar surface area (TPSA) is 59.6 Å². The van der Waals surface area contributed by atoms with Crippen LogP contribution in [0.2, 0.25) is 0 Å². The Labute approximate surface area is 157 Å². The lowest BCUT2D eigenvalue weighted by Gasteiger charge is -2.40. The Morgan fingerprint density at radius 1 is 1.31 bits per heavy atom. The van der Waals surface area contributed by atoms with Gasteiger partial charge in [-0.05, 0) is 49.8 Å². The van der Waals surface area contributed by atoms with E-state index in [0.29, 0.717) is 19.1 Å². The first-order valence-electron chi connectivity index (χ1n) is 9.70. The zero-order valence-electron chi connectivity index (χ0n) is 16.8. The van der Waals surface area contributed by atoms with Crippen LogP contribution in [-0.2, 0) is 4.74 Å². The summed E-state index contributed by atoms with van der Waals surface area (Å²) >= 11 is 0. The molecule has 5 heteroatoms. The molecule has 1 saturated heterocycles. The van der Waals surface area contributed by atoms with Crippen molar-refractivity contribution in [2.24, 2.45) is 11.3 Å². The van der Waals surface area contributed by atoms with Gasteiger partial charge in [-0.1, -0.05) is 32.9 Å². The molecular weight excluding hydrogens is 328 g/mol. The van der Waals surface area contributed by atoms with Crippen molar-refractivity contribution in [3.8, 4) is 5.75 Å². The van der Waals surface area contributed by atoms with Crippen LogP contribution in [0.4, 0.5) is 4.79 Å². The van der Waals surface area contributed by atoms with E-state index in [0.717, 1.165) is 30.8 Å². The molecule has 0 aliphatic carbocycles. The maximum absolute atomic E-state index is 12.3. The summed E-state index contributed by atoms with van der Waals surface area (Å²) in [6.07, 6.45) is 2.33. The number of nitrogens with one attached hydrogen (secondary N) is 2. The van der Waals surface area contributed by atoms with E-state index in [2.05, 4.69) is 31.4 Å². The highest BCUT2D eigenvalue weighted by atomic mass is 16.5. The first-order valence-corrected chi connectivity index (χ1v) is 9.70. The predicted octanol–water partition coefficient (Wildman–Crippen LogP) is 4.29. The Morgan fingerprint density at radius 2 is 2.00 bits per heavy atom. The van der Waals surface area contributed by atoms with Crippen LogP contribution in [0.3, 0.4) is 0 Å². The van der Waals surface area contributed by atoms with E-state index >= 15 is 0 Å². The molecule has 3 atom stereocenters. The van der Waals surface area contributed by atoms with E-state index in [1.807, 2.05) is 38.1 Å². The third kappa shape index (κ3) is 5.90. The van der Waals surface area contributed by atoms with Gasteiger partial charge in [0.15, 0.2) is 0 Å². The normalized spacial score (nSPS) is 21.7. The molecule has 2 N–H and O–H groups in total. The maximum Gasteiger partial charge on any atom is 0.315 e. The third-order valence-electron chi connectivity index (χ3n) is 4.86. The molecule has 2 amide bonds. The van der Waals surface area contributed by atoms with Crippen LogP contribution in [0.1, 0.15) is 59.1 Å². The zero-order chi connectivity index (χ0) is 19.2. The molecule has 1 aliphatic rings. The molecule has 1 aromatic rings. The molecule has 2 rings (SSSR count). The Morgan fingerprint density at radius 3 is 2.62 bits per heavy atom. The smallest absolute Gasteiger partial charge is 0.315 e. The minimum absolute atomic E-state index is 0.0632. The molecule has 0 radical (unpaired) electrons. The lowest BCUT2D eigenvalue weighted by molar-refractivity contribution is -0.0838. The Bertz CT molecular complexity index is 566. The number of benzene rings is 1. The van der Waals surface area contributed by atoms with Crippen LogP contribution in [0.15, 0.2) is 24.3 Å². The second-order valence-corrected chi connectivity index (χ2v) is 8.14. The molecule has 26 heavy (non-hydrogen) atoms. The van der Waals surface area contributed by atoms with E-state index in [9.17, 15) is 4.79 Å². The fourth-order valence-corrected chi connectivity index (χ4v) is 3.58. The molecule has 3 unspecified atom stereocenters. The summed E-state index contributed by atoms with van der Waals surface area (Å²) in [5.74, 6) is 1.20. The number of hydrogen-bond donors (Lipinski definition) is 2. The Hall–Kier alpha value is -1.75. The van der Waals surface area contributed by atoms with E-state index in [1.165, 1.54) is 0 Å². The van der Waals surface area contributed by atoms with Gasteiger partial charge in [-0.25, -0.2) is 4.79 Å². The fraction of sp³-hybridized carbons (Fsp3) is 0.667. The minimum atomic E-state index is -0.135. The first-order chi connectivity index (χ1) is 12.3. The van der Waals surface area contributed by atoms with Crippen LogP contribution in [0.5, 0.6) is 5.75 Å². The fourth-order valence-electron chi connectivity index (χ4n) is 3.58. The Balaban J connectivity index is 1.83. The van der Waals surface area contributed by atoms with E-state index in [1.54, 1.807) is 0 Å². The lowest BCUT2D eigenvalue weighted by atomic mass is 9.78. The second-order valence-electron chi connectivity index (χ2n) is 8.14. The predicted molar refractivity (Wildman–Crippen MR) is 104 cm³/mol. The summed E-state index contributed by atoms with van der Waals surface area (Å²) in [7, 11) is 0. The minimum Gasteiger partial charge on any atom is -0.494 e. The number of hydrogen-bond acceptors (Lipinski definition) is 3. The van der Waals surface area contributed by atoms with Gasteiger partial charge in [0.2, 0.25) is 0 Å². The monoisotopic (exact) mass is 362 g/mol. The standard InChI is InChI=1S/C21H34N2O3/c1-6-25-18-11-9-16(10-12-18)15(2)23-20(24)22-14-17-8-7-13-26-19(17)21(3,4)5/h9-12,15,17,19H,6-8,13-14H2,1-5H3,(H2,22,23,24). The highest BCUT2D eigenvalue weighted by Gasteiger charge is 2.35. The average Bonchev–Trinajstić information content (AvgIpc) is 2.60. The largest absolute Gasteiger partial charge is 0.494 e. The molecule has 1 heterocycles. The van der Waals surface area contributed by atoms with Gasteiger partial charge in [0, 0.05) is 19.1 Å². The second kappa shape index (κ2) is 9.26. The summed E-state index contributed by atoms with van der Waals surface area (Å²) in [4.78, 5) is 12.3. The van der Waals surface area contributed by atoms with Crippen LogP contribution in [0, 0.1) is 11.3 Å². The highest BCUT2D eigenvalue weighted by Crippen LogP contribution is 2.33. The quantitative estimate of drug-likeness (QED) is 0.794. The van der Waals surface area contributed by atoms with Crippen molar-refractivity contribution in [2.75, 3.05) is 19.8 Å². The van der Waals surface area contributed by atoms with Crippen molar-refractivity contribution in [1.29, 1.82) is 0 Å². The van der Waals surface area contributed by atoms with Crippen molar-refractivity contribution in [1.82, 2.24) is 10.6 Å². The van der Waals surface area contributed by atoms with Gasteiger partial charge >= 0.3 is 6.03 Å². The summed E-state index contributed by atoms with van der Waals surface area (Å²) in [6.45, 7) is 12.7. The lowest BCUT2D eigenvalue weighted by Crippen LogP contribution is -2.47. The van der Waals surface area contributed by atoms with Crippen molar-refractivity contribution >= 4 is 6.03 Å². The molecular formula is C21H34N2O3. The molecule has 1 aromatic carbocycles. The van der Waals surface area contributed by atoms with Gasteiger partial charge in [0.25, 0.3) is 0 Å². The SMILES string of the molecule is CCOc1ccc(C(C)NC(=O)NCC2CCCOC2C(C)(C)C)cc1. The van der Waals surface area contributed by atoms with Crippen LogP contribution in [-0.4, -0.2) is 31.9 Å². The van der Waals surface area contributed by atoms with Crippen molar-refractivity contribution in [3.63, 3.8) is 0 Å². The molecule has 0 spiro atoms. The maximum atomic E-state index is 12.3. The summed E-state index contributed by atoms with van der Waals surface area (Å²) in [5.41, 5.74) is 1.14. The highest BCUT2D eigenvalue weighted by molar-refractivity contribution is 5.74. The molecule has 0 bridgehead atoms. The zero-order valence-corrected chi connectivity index (χ0v) is 16.8. The molecule has 1 aliphatic heterocycles. The van der Waals surface area contributed by atoms with E-state index < -0.39 is 0 Å². The number of ether oxygens (including phenoxy) is 2. The third-order valence-corrected chi connectivity index (χ3v) is 4.86. The van der Waals surface area contributed by atoms with Crippen LogP contribution < -0.4 is 15.4 Å². The molecule has 0 saturated carbocycles. The summed E-state index contributed by atoms with van der Waals surface area (Å²) < 4.78 is 11.4. The molecule has 1 fully saturated rings. The molecule has 146 valence electrons. The van der Waals surface area contributed by atoms with Crippen LogP contribution in [0.25, 0.3) is 0 Å². The summed E-state index contributed by atoms with van der Waals surface area (Å²) in [6, 6.07) is 7.64. The molecule has 5 nitrogen and oxygen atoms in total. The van der Waals surface area contributed by atoms with Gasteiger partial charge in [-0.2, -0.15) is 0 Å². The van der Waals surface area contributed by atoms with Gasteiger partial charge in [-0.15, -0.1) is 0 Å². The number of rotatable bonds is 6. The first kappa shape index (κ1) is 20.6. The van der Waals surface area contributed by atoms with Gasteiger partial charge in [0.05, 0.1) is 18.8 Å².